The van der Waals surface area contributed by atoms with E-state index >= 15 is 0 Å². The first-order valence-electron chi connectivity index (χ1n) is 10.9. The summed E-state index contributed by atoms with van der Waals surface area (Å²) in [6, 6.07) is 27.2. The highest BCUT2D eigenvalue weighted by molar-refractivity contribution is 6.33. The number of benzene rings is 3. The molecule has 33 heavy (non-hydrogen) atoms. The van der Waals surface area contributed by atoms with Gasteiger partial charge in [0.05, 0.1) is 30.5 Å². The van der Waals surface area contributed by atoms with Gasteiger partial charge in [0.1, 0.15) is 10.9 Å². The van der Waals surface area contributed by atoms with Crippen molar-refractivity contribution in [2.24, 2.45) is 0 Å². The summed E-state index contributed by atoms with van der Waals surface area (Å²) in [5.74, 6) is 0.528. The van der Waals surface area contributed by atoms with E-state index in [9.17, 15) is 4.79 Å². The van der Waals surface area contributed by atoms with Gasteiger partial charge in [0.15, 0.2) is 0 Å². The summed E-state index contributed by atoms with van der Waals surface area (Å²) >= 11 is 6.63. The van der Waals surface area contributed by atoms with Crippen molar-refractivity contribution in [2.75, 3.05) is 6.61 Å². The summed E-state index contributed by atoms with van der Waals surface area (Å²) in [5.41, 5.74) is 3.96. The molecule has 0 aliphatic heterocycles. The minimum Gasteiger partial charge on any atom is -0.494 e. The van der Waals surface area contributed by atoms with E-state index in [1.165, 1.54) is 0 Å². The third-order valence-corrected chi connectivity index (χ3v) is 5.78. The lowest BCUT2D eigenvalue weighted by atomic mass is 9.98. The molecule has 4 rings (SSSR count). The van der Waals surface area contributed by atoms with E-state index in [0.29, 0.717) is 29.6 Å². The van der Waals surface area contributed by atoms with Crippen LogP contribution in [0.25, 0.3) is 0 Å². The number of hydrogen-bond donors (Lipinski definition) is 1. The molecule has 0 saturated heterocycles. The average molecular weight is 460 g/mol. The average Bonchev–Trinajstić information content (AvgIpc) is 3.12. The van der Waals surface area contributed by atoms with Crippen LogP contribution in [-0.4, -0.2) is 22.3 Å². The van der Waals surface area contributed by atoms with Gasteiger partial charge in [-0.1, -0.05) is 84.4 Å². The molecule has 0 aliphatic carbocycles. The third kappa shape index (κ3) is 5.26. The highest BCUT2D eigenvalue weighted by atomic mass is 35.5. The Labute approximate surface area is 199 Å². The number of amides is 1. The van der Waals surface area contributed by atoms with Gasteiger partial charge in [-0.2, -0.15) is 5.10 Å². The Morgan fingerprint density at radius 3 is 2.21 bits per heavy atom. The second-order valence-electron chi connectivity index (χ2n) is 7.71. The Morgan fingerprint density at radius 2 is 1.58 bits per heavy atom. The standard InChI is InChI=1S/C27H26ClN3O2/c1-3-33-23-16-14-22(15-17-23)25(21-12-8-5-9-13-21)29-27(32)24-19(2)30-31(26(24)28)18-20-10-6-4-7-11-20/h4-17,25H,3,18H2,1-2H3,(H,29,32). The molecule has 3 aromatic carbocycles. The molecule has 1 unspecified atom stereocenters. The molecule has 6 heteroatoms. The Bertz CT molecular complexity index is 1210. The van der Waals surface area contributed by atoms with Crippen molar-refractivity contribution in [2.45, 2.75) is 26.4 Å². The molecule has 0 aliphatic rings. The van der Waals surface area contributed by atoms with Crippen molar-refractivity contribution in [3.05, 3.63) is 118 Å². The van der Waals surface area contributed by atoms with Crippen LogP contribution in [0.5, 0.6) is 5.75 Å². The predicted molar refractivity (Wildman–Crippen MR) is 131 cm³/mol. The highest BCUT2D eigenvalue weighted by Crippen LogP contribution is 2.27. The van der Waals surface area contributed by atoms with E-state index in [-0.39, 0.29) is 11.9 Å². The monoisotopic (exact) mass is 459 g/mol. The molecule has 5 nitrogen and oxygen atoms in total. The second kappa shape index (κ2) is 10.4. The number of aryl methyl sites for hydroxylation is 1. The van der Waals surface area contributed by atoms with Crippen molar-refractivity contribution < 1.29 is 9.53 Å². The maximum atomic E-state index is 13.4. The first kappa shape index (κ1) is 22.6. The third-order valence-electron chi connectivity index (χ3n) is 5.40. The first-order chi connectivity index (χ1) is 16.1. The molecular weight excluding hydrogens is 434 g/mol. The minimum absolute atomic E-state index is 0.264. The van der Waals surface area contributed by atoms with E-state index in [4.69, 9.17) is 16.3 Å². The second-order valence-corrected chi connectivity index (χ2v) is 8.07. The Hall–Kier alpha value is -3.57. The maximum absolute atomic E-state index is 13.4. The van der Waals surface area contributed by atoms with Crippen LogP contribution in [0.4, 0.5) is 0 Å². The molecular formula is C27H26ClN3O2. The Kier molecular flexibility index (Phi) is 7.10. The van der Waals surface area contributed by atoms with Gasteiger partial charge in [0, 0.05) is 0 Å². The summed E-state index contributed by atoms with van der Waals surface area (Å²) in [6.07, 6.45) is 0. The van der Waals surface area contributed by atoms with Gasteiger partial charge in [0.25, 0.3) is 5.91 Å². The number of hydrogen-bond acceptors (Lipinski definition) is 3. The SMILES string of the molecule is CCOc1ccc(C(NC(=O)c2c(C)nn(Cc3ccccc3)c2Cl)c2ccccc2)cc1. The fourth-order valence-electron chi connectivity index (χ4n) is 3.80. The maximum Gasteiger partial charge on any atom is 0.257 e. The zero-order valence-corrected chi connectivity index (χ0v) is 19.4. The summed E-state index contributed by atoms with van der Waals surface area (Å²) < 4.78 is 7.23. The van der Waals surface area contributed by atoms with Gasteiger partial charge in [0.2, 0.25) is 0 Å². The zero-order valence-electron chi connectivity index (χ0n) is 18.7. The van der Waals surface area contributed by atoms with Gasteiger partial charge in [-0.15, -0.1) is 0 Å². The largest absolute Gasteiger partial charge is 0.494 e. The number of rotatable bonds is 8. The van der Waals surface area contributed by atoms with Gasteiger partial charge in [-0.25, -0.2) is 4.68 Å². The van der Waals surface area contributed by atoms with Crippen LogP contribution in [-0.2, 0) is 6.54 Å². The molecule has 4 aromatic rings. The topological polar surface area (TPSA) is 56.1 Å². The molecule has 0 spiro atoms. The molecule has 0 bridgehead atoms. The minimum atomic E-state index is -0.345. The Balaban J connectivity index is 1.62. The molecule has 0 fully saturated rings. The summed E-state index contributed by atoms with van der Waals surface area (Å²) in [7, 11) is 0. The van der Waals surface area contributed by atoms with Gasteiger partial charge < -0.3 is 10.1 Å². The van der Waals surface area contributed by atoms with Gasteiger partial charge in [-0.3, -0.25) is 4.79 Å². The van der Waals surface area contributed by atoms with Crippen molar-refractivity contribution in [3.63, 3.8) is 0 Å². The summed E-state index contributed by atoms with van der Waals surface area (Å²) in [4.78, 5) is 13.4. The molecule has 1 atom stereocenters. The quantitative estimate of drug-likeness (QED) is 0.361. The molecule has 1 N–H and O–H groups in total. The van der Waals surface area contributed by atoms with E-state index < -0.39 is 0 Å². The fraction of sp³-hybridized carbons (Fsp3) is 0.185. The lowest BCUT2D eigenvalue weighted by molar-refractivity contribution is 0.0942. The number of nitrogens with one attached hydrogen (secondary N) is 1. The van der Waals surface area contributed by atoms with E-state index in [1.54, 1.807) is 11.6 Å². The highest BCUT2D eigenvalue weighted by Gasteiger charge is 2.24. The molecule has 1 aromatic heterocycles. The van der Waals surface area contributed by atoms with Crippen LogP contribution in [0.15, 0.2) is 84.9 Å². The number of carbonyl (C=O) groups is 1. The number of carbonyl (C=O) groups excluding carboxylic acids is 1. The zero-order chi connectivity index (χ0) is 23.2. The van der Waals surface area contributed by atoms with E-state index in [1.807, 2.05) is 91.9 Å². The van der Waals surface area contributed by atoms with E-state index in [0.717, 1.165) is 22.4 Å². The Morgan fingerprint density at radius 1 is 0.970 bits per heavy atom. The van der Waals surface area contributed by atoms with Gasteiger partial charge >= 0.3 is 0 Å². The van der Waals surface area contributed by atoms with Crippen LogP contribution < -0.4 is 10.1 Å². The lowest BCUT2D eigenvalue weighted by Crippen LogP contribution is -2.29. The summed E-state index contributed by atoms with van der Waals surface area (Å²) in [6.45, 7) is 4.85. The van der Waals surface area contributed by atoms with Gasteiger partial charge in [-0.05, 0) is 42.7 Å². The molecule has 0 saturated carbocycles. The van der Waals surface area contributed by atoms with Crippen LogP contribution >= 0.6 is 11.6 Å². The smallest absolute Gasteiger partial charge is 0.257 e. The van der Waals surface area contributed by atoms with Crippen molar-refractivity contribution >= 4 is 17.5 Å². The lowest BCUT2D eigenvalue weighted by Gasteiger charge is -2.20. The molecule has 0 radical (unpaired) electrons. The van der Waals surface area contributed by atoms with Crippen LogP contribution in [0.1, 0.15) is 45.7 Å². The fourth-order valence-corrected chi connectivity index (χ4v) is 4.12. The van der Waals surface area contributed by atoms with Crippen molar-refractivity contribution in [3.8, 4) is 5.75 Å². The van der Waals surface area contributed by atoms with Crippen LogP contribution in [0.3, 0.4) is 0 Å². The number of nitrogens with zero attached hydrogens (tertiary/aromatic N) is 2. The number of ether oxygens (including phenoxy) is 1. The first-order valence-corrected chi connectivity index (χ1v) is 11.3. The van der Waals surface area contributed by atoms with Crippen LogP contribution in [0.2, 0.25) is 5.15 Å². The number of aromatic nitrogens is 2. The normalized spacial score (nSPS) is 11.7. The predicted octanol–water partition coefficient (Wildman–Crippen LogP) is 5.81. The molecule has 1 amide bonds. The van der Waals surface area contributed by atoms with Crippen molar-refractivity contribution in [1.29, 1.82) is 0 Å². The molecule has 1 heterocycles. The van der Waals surface area contributed by atoms with E-state index in [2.05, 4.69) is 10.4 Å². The number of halogens is 1. The summed E-state index contributed by atoms with van der Waals surface area (Å²) in [5, 5.41) is 8.00. The van der Waals surface area contributed by atoms with Crippen LogP contribution in [0, 0.1) is 6.92 Å². The molecule has 168 valence electrons. The van der Waals surface area contributed by atoms with Crippen molar-refractivity contribution in [1.82, 2.24) is 15.1 Å².